The average Bonchev–Trinajstić information content (AvgIpc) is 1.96. The fourth-order valence-corrected chi connectivity index (χ4v) is 1.06. The molecule has 0 aliphatic carbocycles. The highest BCUT2D eigenvalue weighted by molar-refractivity contribution is 5.48. The maximum Gasteiger partial charge on any atom is 0.119 e. The molecule has 0 unspecified atom stereocenters. The number of aldehydes is 1. The van der Waals surface area contributed by atoms with Crippen LogP contribution in [0.25, 0.3) is 0 Å². The molecule has 0 atom stereocenters. The van der Waals surface area contributed by atoms with Crippen LogP contribution in [0.5, 0.6) is 0 Å². The average molecular weight is 155 g/mol. The third-order valence-corrected chi connectivity index (χ3v) is 1.75. The van der Waals surface area contributed by atoms with Crippen molar-refractivity contribution in [2.24, 2.45) is 0 Å². The number of carbonyl (C=O) groups excluding carboxylic acids is 1. The molecule has 11 heavy (non-hydrogen) atoms. The summed E-state index contributed by atoms with van der Waals surface area (Å²) in [6.45, 7) is 4.34. The van der Waals surface area contributed by atoms with Gasteiger partial charge in [0.2, 0.25) is 0 Å². The van der Waals surface area contributed by atoms with Gasteiger partial charge in [0.05, 0.1) is 0 Å². The first-order valence-corrected chi connectivity index (χ1v) is 4.50. The van der Waals surface area contributed by atoms with E-state index in [-0.39, 0.29) is 0 Å². The number of carbonyl (C=O) groups is 1. The summed E-state index contributed by atoms with van der Waals surface area (Å²) < 4.78 is 0. The van der Waals surface area contributed by atoms with E-state index in [4.69, 9.17) is 0 Å². The van der Waals surface area contributed by atoms with Crippen molar-refractivity contribution in [1.29, 1.82) is 0 Å². The summed E-state index contributed by atoms with van der Waals surface area (Å²) in [5, 5.41) is 0. The van der Waals surface area contributed by atoms with Gasteiger partial charge < -0.3 is 4.79 Å². The Kier molecular flexibility index (Phi) is 7.54. The van der Waals surface area contributed by atoms with Crippen LogP contribution in [0.4, 0.5) is 0 Å². The van der Waals surface area contributed by atoms with E-state index in [1.54, 1.807) is 0 Å². The molecule has 65 valence electrons. The highest BCUT2D eigenvalue weighted by Crippen LogP contribution is 2.11. The molecular formula is C10H19O. The molecule has 1 radical (unpaired) electrons. The SMILES string of the molecule is C[C](C)CCCCCCC=O. The minimum Gasteiger partial charge on any atom is -0.303 e. The molecular weight excluding hydrogens is 136 g/mol. The van der Waals surface area contributed by atoms with Gasteiger partial charge in [0.15, 0.2) is 0 Å². The van der Waals surface area contributed by atoms with E-state index < -0.39 is 0 Å². The van der Waals surface area contributed by atoms with Crippen molar-refractivity contribution in [2.75, 3.05) is 0 Å². The van der Waals surface area contributed by atoms with Gasteiger partial charge in [-0.3, -0.25) is 0 Å². The van der Waals surface area contributed by atoms with E-state index in [0.717, 1.165) is 19.1 Å². The lowest BCUT2D eigenvalue weighted by atomic mass is 10.0. The van der Waals surface area contributed by atoms with Crippen LogP contribution in [0.15, 0.2) is 0 Å². The molecule has 0 aromatic carbocycles. The Morgan fingerprint density at radius 2 is 1.73 bits per heavy atom. The molecule has 0 aromatic rings. The molecule has 1 heteroatoms. The molecule has 0 bridgehead atoms. The monoisotopic (exact) mass is 155 g/mol. The minimum absolute atomic E-state index is 0.745. The second-order valence-electron chi connectivity index (χ2n) is 3.33. The Bertz CT molecular complexity index is 86.9. The van der Waals surface area contributed by atoms with Gasteiger partial charge in [0.1, 0.15) is 6.29 Å². The van der Waals surface area contributed by atoms with Crippen molar-refractivity contribution in [1.82, 2.24) is 0 Å². The van der Waals surface area contributed by atoms with Crippen LogP contribution in [0.1, 0.15) is 52.4 Å². The van der Waals surface area contributed by atoms with Crippen molar-refractivity contribution in [2.45, 2.75) is 52.4 Å². The van der Waals surface area contributed by atoms with Crippen LogP contribution >= 0.6 is 0 Å². The molecule has 0 rings (SSSR count). The highest BCUT2D eigenvalue weighted by atomic mass is 16.1. The summed E-state index contributed by atoms with van der Waals surface area (Å²) in [6, 6.07) is 0. The Hall–Kier alpha value is -0.330. The molecule has 0 spiro atoms. The largest absolute Gasteiger partial charge is 0.303 e. The fourth-order valence-electron chi connectivity index (χ4n) is 1.06. The minimum atomic E-state index is 0.745. The molecule has 0 saturated heterocycles. The summed E-state index contributed by atoms with van der Waals surface area (Å²) in [5.74, 6) is 1.51. The fraction of sp³-hybridized carbons (Fsp3) is 0.800. The van der Waals surface area contributed by atoms with Crippen molar-refractivity contribution in [3.05, 3.63) is 5.92 Å². The lowest BCUT2D eigenvalue weighted by molar-refractivity contribution is -0.107. The van der Waals surface area contributed by atoms with Gasteiger partial charge in [0.25, 0.3) is 0 Å². The Balaban J connectivity index is 2.85. The van der Waals surface area contributed by atoms with Gasteiger partial charge in [-0.05, 0) is 18.8 Å². The number of hydrogen-bond donors (Lipinski definition) is 0. The molecule has 0 fully saturated rings. The summed E-state index contributed by atoms with van der Waals surface area (Å²) in [7, 11) is 0. The molecule has 0 N–H and O–H groups in total. The maximum atomic E-state index is 9.94. The van der Waals surface area contributed by atoms with E-state index in [2.05, 4.69) is 13.8 Å². The molecule has 0 aliphatic heterocycles. The van der Waals surface area contributed by atoms with Crippen molar-refractivity contribution >= 4 is 6.29 Å². The normalized spacial score (nSPS) is 10.5. The molecule has 0 heterocycles. The van der Waals surface area contributed by atoms with Crippen LogP contribution in [0, 0.1) is 5.92 Å². The van der Waals surface area contributed by atoms with Gasteiger partial charge in [-0.2, -0.15) is 0 Å². The zero-order valence-electron chi connectivity index (χ0n) is 7.73. The van der Waals surface area contributed by atoms with Crippen molar-refractivity contribution < 1.29 is 4.79 Å². The van der Waals surface area contributed by atoms with E-state index in [1.807, 2.05) is 0 Å². The van der Waals surface area contributed by atoms with Crippen LogP contribution in [0.3, 0.4) is 0 Å². The summed E-state index contributed by atoms with van der Waals surface area (Å²) in [6.07, 6.45) is 7.87. The van der Waals surface area contributed by atoms with Crippen LogP contribution < -0.4 is 0 Å². The summed E-state index contributed by atoms with van der Waals surface area (Å²) in [5.41, 5.74) is 0. The lowest BCUT2D eigenvalue weighted by Crippen LogP contribution is -1.85. The zero-order chi connectivity index (χ0) is 8.53. The lowest BCUT2D eigenvalue weighted by Gasteiger charge is -2.02. The van der Waals surface area contributed by atoms with Crippen molar-refractivity contribution in [3.8, 4) is 0 Å². The maximum absolute atomic E-state index is 9.94. The second-order valence-corrected chi connectivity index (χ2v) is 3.33. The van der Waals surface area contributed by atoms with Crippen LogP contribution in [0.2, 0.25) is 0 Å². The Labute approximate surface area is 70.2 Å². The van der Waals surface area contributed by atoms with Crippen LogP contribution in [-0.4, -0.2) is 6.29 Å². The predicted octanol–water partition coefficient (Wildman–Crippen LogP) is 3.14. The third kappa shape index (κ3) is 9.67. The molecule has 1 nitrogen and oxygen atoms in total. The smallest absolute Gasteiger partial charge is 0.119 e. The first-order valence-electron chi connectivity index (χ1n) is 4.50. The molecule has 0 aromatic heterocycles. The number of rotatable bonds is 7. The Morgan fingerprint density at radius 3 is 2.27 bits per heavy atom. The number of unbranched alkanes of at least 4 members (excludes halogenated alkanes) is 4. The third-order valence-electron chi connectivity index (χ3n) is 1.75. The van der Waals surface area contributed by atoms with Gasteiger partial charge in [-0.25, -0.2) is 0 Å². The van der Waals surface area contributed by atoms with Gasteiger partial charge in [-0.1, -0.05) is 33.1 Å². The molecule has 0 saturated carbocycles. The van der Waals surface area contributed by atoms with E-state index in [9.17, 15) is 4.79 Å². The zero-order valence-corrected chi connectivity index (χ0v) is 7.73. The van der Waals surface area contributed by atoms with E-state index in [0.29, 0.717) is 0 Å². The quantitative estimate of drug-likeness (QED) is 0.408. The van der Waals surface area contributed by atoms with Gasteiger partial charge in [0, 0.05) is 6.42 Å². The van der Waals surface area contributed by atoms with E-state index in [1.165, 1.54) is 31.6 Å². The van der Waals surface area contributed by atoms with Crippen LogP contribution in [-0.2, 0) is 4.79 Å². The molecule has 0 amide bonds. The standard InChI is InChI=1S/C10H19O/c1-10(2)8-6-4-3-5-7-9-11/h9H,3-8H2,1-2H3. The second kappa shape index (κ2) is 7.77. The molecule has 0 aliphatic rings. The highest BCUT2D eigenvalue weighted by Gasteiger charge is 1.93. The predicted molar refractivity (Wildman–Crippen MR) is 48.4 cm³/mol. The van der Waals surface area contributed by atoms with Crippen molar-refractivity contribution in [3.63, 3.8) is 0 Å². The topological polar surface area (TPSA) is 17.1 Å². The summed E-state index contributed by atoms with van der Waals surface area (Å²) >= 11 is 0. The first kappa shape index (κ1) is 10.7. The van der Waals surface area contributed by atoms with E-state index >= 15 is 0 Å². The van der Waals surface area contributed by atoms with Gasteiger partial charge >= 0.3 is 0 Å². The first-order chi connectivity index (χ1) is 5.27. The number of hydrogen-bond acceptors (Lipinski definition) is 1. The summed E-state index contributed by atoms with van der Waals surface area (Å²) in [4.78, 5) is 9.94. The van der Waals surface area contributed by atoms with Gasteiger partial charge in [-0.15, -0.1) is 0 Å². The Morgan fingerprint density at radius 1 is 1.09 bits per heavy atom.